The van der Waals surface area contributed by atoms with Crippen molar-refractivity contribution < 1.29 is 4.42 Å². The van der Waals surface area contributed by atoms with Gasteiger partial charge < -0.3 is 10.2 Å². The first kappa shape index (κ1) is 8.08. The maximum absolute atomic E-state index is 5.75. The Morgan fingerprint density at radius 2 is 2.42 bits per heavy atom. The van der Waals surface area contributed by atoms with E-state index < -0.39 is 0 Å². The minimum Gasteiger partial charge on any atom is -0.463 e. The van der Waals surface area contributed by atoms with E-state index in [1.54, 1.807) is 6.26 Å². The van der Waals surface area contributed by atoms with Gasteiger partial charge in [-0.1, -0.05) is 6.08 Å². The summed E-state index contributed by atoms with van der Waals surface area (Å²) in [5, 5.41) is 0. The summed E-state index contributed by atoms with van der Waals surface area (Å²) >= 11 is 3.42. The van der Waals surface area contributed by atoms with Crippen LogP contribution in [-0.2, 0) is 0 Å². The summed E-state index contributed by atoms with van der Waals surface area (Å²) in [6.45, 7) is 0. The summed E-state index contributed by atoms with van der Waals surface area (Å²) in [7, 11) is 0. The Morgan fingerprint density at radius 3 is 2.92 bits per heavy atom. The van der Waals surface area contributed by atoms with Gasteiger partial charge in [-0.3, -0.25) is 0 Å². The van der Waals surface area contributed by atoms with E-state index in [4.69, 9.17) is 10.2 Å². The van der Waals surface area contributed by atoms with Crippen molar-refractivity contribution in [3.8, 4) is 0 Å². The van der Waals surface area contributed by atoms with Gasteiger partial charge >= 0.3 is 0 Å². The molecule has 1 unspecified atom stereocenters. The lowest BCUT2D eigenvalue weighted by Gasteiger charge is -1.95. The normalized spacial score (nSPS) is 22.8. The van der Waals surface area contributed by atoms with Crippen molar-refractivity contribution in [3.05, 3.63) is 28.6 Å². The third-order valence-electron chi connectivity index (χ3n) is 2.07. The molecule has 0 aliphatic heterocycles. The lowest BCUT2D eigenvalue weighted by molar-refractivity contribution is 0.549. The average molecular weight is 228 g/mol. The van der Waals surface area contributed by atoms with Crippen LogP contribution in [0.1, 0.15) is 18.6 Å². The average Bonchev–Trinajstić information content (AvgIpc) is 2.58. The maximum atomic E-state index is 5.75. The Balaban J connectivity index is 2.32. The second kappa shape index (κ2) is 3.07. The van der Waals surface area contributed by atoms with E-state index in [1.807, 2.05) is 6.07 Å². The van der Waals surface area contributed by atoms with Gasteiger partial charge in [-0.25, -0.2) is 0 Å². The summed E-state index contributed by atoms with van der Waals surface area (Å²) in [5.41, 5.74) is 6.97. The third kappa shape index (κ3) is 1.34. The van der Waals surface area contributed by atoms with E-state index in [1.165, 1.54) is 5.57 Å². The minimum atomic E-state index is 0.206. The van der Waals surface area contributed by atoms with E-state index in [9.17, 15) is 0 Å². The zero-order chi connectivity index (χ0) is 8.55. The molecule has 64 valence electrons. The highest BCUT2D eigenvalue weighted by molar-refractivity contribution is 9.10. The molecule has 1 aromatic heterocycles. The van der Waals surface area contributed by atoms with Gasteiger partial charge in [0, 0.05) is 6.04 Å². The molecule has 3 heteroatoms. The molecule has 0 radical (unpaired) electrons. The molecule has 0 saturated carbocycles. The van der Waals surface area contributed by atoms with Gasteiger partial charge in [-0.2, -0.15) is 0 Å². The molecule has 2 nitrogen and oxygen atoms in total. The van der Waals surface area contributed by atoms with Crippen LogP contribution in [-0.4, -0.2) is 6.04 Å². The fourth-order valence-corrected chi connectivity index (χ4v) is 1.92. The molecule has 12 heavy (non-hydrogen) atoms. The Bertz CT molecular complexity index is 316. The van der Waals surface area contributed by atoms with Crippen LogP contribution in [0.4, 0.5) is 0 Å². The predicted molar refractivity (Wildman–Crippen MR) is 51.6 cm³/mol. The Labute approximate surface area is 79.6 Å². The van der Waals surface area contributed by atoms with Crippen molar-refractivity contribution in [2.45, 2.75) is 18.9 Å². The zero-order valence-corrected chi connectivity index (χ0v) is 8.17. The maximum Gasteiger partial charge on any atom is 0.143 e. The summed E-state index contributed by atoms with van der Waals surface area (Å²) in [6.07, 6.45) is 5.81. The molecule has 0 aromatic carbocycles. The Hall–Kier alpha value is -0.540. The smallest absolute Gasteiger partial charge is 0.143 e. The molecule has 1 aromatic rings. The standard InChI is InChI=1S/C9H10BrNO/c10-8-3-4-12-9(8)6-1-2-7(11)5-6/h3-5,7H,1-2,11H2. The van der Waals surface area contributed by atoms with E-state index in [-0.39, 0.29) is 6.04 Å². The van der Waals surface area contributed by atoms with Gasteiger partial charge in [0.05, 0.1) is 10.7 Å². The molecular weight excluding hydrogens is 218 g/mol. The lowest BCUT2D eigenvalue weighted by atomic mass is 10.2. The van der Waals surface area contributed by atoms with Gasteiger partial charge in [0.15, 0.2) is 0 Å². The summed E-state index contributed by atoms with van der Waals surface area (Å²) < 4.78 is 6.34. The molecule has 1 atom stereocenters. The summed E-state index contributed by atoms with van der Waals surface area (Å²) in [5.74, 6) is 0.933. The van der Waals surface area contributed by atoms with Crippen LogP contribution < -0.4 is 5.73 Å². The van der Waals surface area contributed by atoms with Crippen molar-refractivity contribution in [2.75, 3.05) is 0 Å². The van der Waals surface area contributed by atoms with Gasteiger partial charge in [-0.05, 0) is 40.4 Å². The number of hydrogen-bond donors (Lipinski definition) is 1. The summed E-state index contributed by atoms with van der Waals surface area (Å²) in [4.78, 5) is 0. The third-order valence-corrected chi connectivity index (χ3v) is 2.70. The quantitative estimate of drug-likeness (QED) is 0.802. The van der Waals surface area contributed by atoms with Crippen LogP contribution in [0.3, 0.4) is 0 Å². The molecule has 0 spiro atoms. The lowest BCUT2D eigenvalue weighted by Crippen LogP contribution is -2.11. The Kier molecular flexibility index (Phi) is 2.07. The van der Waals surface area contributed by atoms with Crippen LogP contribution in [0, 0.1) is 0 Å². The fraction of sp³-hybridized carbons (Fsp3) is 0.333. The number of furan rings is 1. The molecule has 0 saturated heterocycles. The first-order chi connectivity index (χ1) is 5.77. The minimum absolute atomic E-state index is 0.206. The highest BCUT2D eigenvalue weighted by Crippen LogP contribution is 2.32. The number of rotatable bonds is 1. The predicted octanol–water partition coefficient (Wildman–Crippen LogP) is 2.55. The van der Waals surface area contributed by atoms with Gasteiger partial charge in [-0.15, -0.1) is 0 Å². The van der Waals surface area contributed by atoms with Gasteiger partial charge in [0.1, 0.15) is 5.76 Å². The largest absolute Gasteiger partial charge is 0.463 e. The fourth-order valence-electron chi connectivity index (χ4n) is 1.46. The molecular formula is C9H10BrNO. The van der Waals surface area contributed by atoms with Crippen LogP contribution in [0.2, 0.25) is 0 Å². The van der Waals surface area contributed by atoms with Crippen LogP contribution in [0.5, 0.6) is 0 Å². The number of allylic oxidation sites excluding steroid dienone is 1. The monoisotopic (exact) mass is 227 g/mol. The molecule has 0 amide bonds. The molecule has 1 aliphatic carbocycles. The molecule has 1 aliphatic rings. The van der Waals surface area contributed by atoms with Crippen molar-refractivity contribution >= 4 is 21.5 Å². The molecule has 2 N–H and O–H groups in total. The van der Waals surface area contributed by atoms with Crippen molar-refractivity contribution in [1.82, 2.24) is 0 Å². The van der Waals surface area contributed by atoms with Crippen molar-refractivity contribution in [2.24, 2.45) is 5.73 Å². The molecule has 2 rings (SSSR count). The Morgan fingerprint density at radius 1 is 1.58 bits per heavy atom. The van der Waals surface area contributed by atoms with Crippen LogP contribution >= 0.6 is 15.9 Å². The van der Waals surface area contributed by atoms with Gasteiger partial charge in [0.2, 0.25) is 0 Å². The second-order valence-electron chi connectivity index (χ2n) is 2.99. The van der Waals surface area contributed by atoms with Gasteiger partial charge in [0.25, 0.3) is 0 Å². The first-order valence-corrected chi connectivity index (χ1v) is 4.76. The highest BCUT2D eigenvalue weighted by Gasteiger charge is 2.17. The van der Waals surface area contributed by atoms with Crippen molar-refractivity contribution in [3.63, 3.8) is 0 Å². The first-order valence-electron chi connectivity index (χ1n) is 3.97. The SMILES string of the molecule is NC1C=C(c2occc2Br)CC1. The number of halogens is 1. The molecule has 1 heterocycles. The topological polar surface area (TPSA) is 39.2 Å². The van der Waals surface area contributed by atoms with E-state index >= 15 is 0 Å². The van der Waals surface area contributed by atoms with Crippen molar-refractivity contribution in [1.29, 1.82) is 0 Å². The molecule has 0 fully saturated rings. The highest BCUT2D eigenvalue weighted by atomic mass is 79.9. The van der Waals surface area contributed by atoms with E-state index in [0.717, 1.165) is 23.1 Å². The number of hydrogen-bond acceptors (Lipinski definition) is 2. The number of nitrogens with two attached hydrogens (primary N) is 1. The molecule has 0 bridgehead atoms. The van der Waals surface area contributed by atoms with Crippen LogP contribution in [0.15, 0.2) is 27.3 Å². The zero-order valence-electron chi connectivity index (χ0n) is 6.59. The van der Waals surface area contributed by atoms with E-state index in [2.05, 4.69) is 22.0 Å². The van der Waals surface area contributed by atoms with E-state index in [0.29, 0.717) is 0 Å². The van der Waals surface area contributed by atoms with Crippen LogP contribution in [0.25, 0.3) is 5.57 Å². The summed E-state index contributed by atoms with van der Waals surface area (Å²) in [6, 6.07) is 2.11. The second-order valence-corrected chi connectivity index (χ2v) is 3.85.